The number of likely N-dealkylation sites (tertiary alicyclic amines) is 1. The fourth-order valence-electron chi connectivity index (χ4n) is 12.5. The van der Waals surface area contributed by atoms with Gasteiger partial charge in [-0.05, 0) is 142 Å². The quantitative estimate of drug-likeness (QED) is 0.0120. The number of aromatic nitrogens is 3. The molecule has 4 fully saturated rings. The number of hydrogen-bond acceptors (Lipinski definition) is 16. The number of aryl methyl sites for hydroxylation is 2. The number of nitrogens with one attached hydrogen (secondary N) is 4. The van der Waals surface area contributed by atoms with E-state index in [9.17, 15) is 28.8 Å². The average molecular weight is 1270 g/mol. The van der Waals surface area contributed by atoms with Crippen LogP contribution >= 0.6 is 0 Å². The standard InChI is InChI=1S/C66H88FN15O10/c1-43(2)61(76-60(83)20-27-89-29-31-91-32-30-90-28-23-73-77-69)64(86)75-56(8-5-21-71-65(68)87)63(85)74-50-12-10-46(11-13-50)42-92-66(88)81-26-18-48-38-79(25-19-57(48)81)59-35-58-54(34-55(59)67)62(84)49(40-82(58)51-15-16-51)39-80(37-47-17-22-70-45(4)33-47)53-7-6-24-78(41-53)52-14-9-44(3)72-36-52/h9-14,17,22,33-36,40,43,48,51,53,56-57,61H,5-8,15-16,18-21,23-32,37-39,41-42H2,1-4H3,(H,74,85)(H,75,86)(H,76,83)(H3,68,71,87)/t48?,53-,56-,57?,61-/m0/s1. The topological polar surface area (TPSA) is 306 Å². The second kappa shape index (κ2) is 33.2. The van der Waals surface area contributed by atoms with Crippen LogP contribution in [0.5, 0.6) is 0 Å². The zero-order valence-corrected chi connectivity index (χ0v) is 53.2. The van der Waals surface area contributed by atoms with Gasteiger partial charge in [-0.25, -0.2) is 14.0 Å². The first kappa shape index (κ1) is 68.0. The fraction of sp³-hybridized carbons (Fsp3) is 0.545. The van der Waals surface area contributed by atoms with Crippen molar-refractivity contribution in [3.63, 3.8) is 0 Å². The van der Waals surface area contributed by atoms with Gasteiger partial charge >= 0.3 is 12.1 Å². The summed E-state index contributed by atoms with van der Waals surface area (Å²) in [6.45, 7) is 13.7. The van der Waals surface area contributed by atoms with Gasteiger partial charge in [-0.1, -0.05) is 31.1 Å². The van der Waals surface area contributed by atoms with E-state index in [-0.39, 0.29) is 87.7 Å². The lowest BCUT2D eigenvalue weighted by Gasteiger charge is -2.40. The SMILES string of the molecule is Cc1ccc(N2CCC[C@H](N(Cc3ccnc(C)c3)Cc3cn(C4CC4)c4cc(N5CCC6C(CCN6C(=O)OCc6ccc(NC(=O)[C@H](CCCNC(N)=O)NC(=O)[C@@H](NC(=O)CCOCCOCCOCCN=[N+]=[N-])C(C)C)cc6)C5)c(F)cc4c3=O)C2)cn1. The number of fused-ring (bicyclic) bond motifs is 2. The largest absolute Gasteiger partial charge is 0.445 e. The van der Waals surface area contributed by atoms with Crippen molar-refractivity contribution >= 4 is 57.8 Å². The summed E-state index contributed by atoms with van der Waals surface area (Å²) in [4.78, 5) is 101. The zero-order chi connectivity index (χ0) is 65.1. The minimum absolute atomic E-state index is 0.0222. The van der Waals surface area contributed by atoms with Gasteiger partial charge in [0.05, 0.1) is 62.7 Å². The summed E-state index contributed by atoms with van der Waals surface area (Å²) in [5, 5.41) is 14.6. The van der Waals surface area contributed by atoms with E-state index in [4.69, 9.17) is 30.2 Å². The highest BCUT2D eigenvalue weighted by Crippen LogP contribution is 2.40. The maximum Gasteiger partial charge on any atom is 0.410 e. The van der Waals surface area contributed by atoms with Gasteiger partial charge in [0.2, 0.25) is 17.7 Å². The number of primary amides is 1. The Kier molecular flexibility index (Phi) is 24.6. The Morgan fingerprint density at radius 1 is 0.826 bits per heavy atom. The van der Waals surface area contributed by atoms with Crippen LogP contribution in [-0.2, 0) is 53.0 Å². The molecule has 6 amide bonds. The lowest BCUT2D eigenvalue weighted by atomic mass is 9.92. The molecule has 5 atom stereocenters. The van der Waals surface area contributed by atoms with Crippen molar-refractivity contribution in [1.82, 2.24) is 40.3 Å². The number of amides is 6. The fourth-order valence-corrected chi connectivity index (χ4v) is 12.5. The Bertz CT molecular complexity index is 3440. The van der Waals surface area contributed by atoms with E-state index in [2.05, 4.69) is 72.7 Å². The number of benzene rings is 2. The number of piperidine rings is 2. The molecular formula is C66H88FN15O10. The molecule has 0 spiro atoms. The minimum Gasteiger partial charge on any atom is -0.445 e. The van der Waals surface area contributed by atoms with Crippen LogP contribution in [-0.4, -0.2) is 164 Å². The van der Waals surface area contributed by atoms with E-state index >= 15 is 4.39 Å². The van der Waals surface area contributed by atoms with Crippen LogP contribution in [0.4, 0.5) is 31.0 Å². The number of urea groups is 1. The molecule has 1 aliphatic carbocycles. The number of nitrogens with zero attached hydrogens (tertiary/aromatic N) is 10. The van der Waals surface area contributed by atoms with E-state index in [0.29, 0.717) is 93.3 Å². The number of halogens is 1. The molecule has 5 aromatic rings. The van der Waals surface area contributed by atoms with Gasteiger partial charge in [0, 0.05) is 129 Å². The Balaban J connectivity index is 0.770. The number of nitrogens with two attached hydrogens (primary N) is 1. The second-order valence-corrected chi connectivity index (χ2v) is 24.7. The molecule has 2 aromatic carbocycles. The number of hydrogen-bond donors (Lipinski definition) is 5. The molecule has 9 rings (SSSR count). The summed E-state index contributed by atoms with van der Waals surface area (Å²) >= 11 is 0. The van der Waals surface area contributed by atoms with Crippen LogP contribution in [0.25, 0.3) is 21.3 Å². The van der Waals surface area contributed by atoms with Crippen molar-refractivity contribution in [2.24, 2.45) is 22.7 Å². The van der Waals surface area contributed by atoms with E-state index < -0.39 is 47.7 Å². The van der Waals surface area contributed by atoms with Gasteiger partial charge < -0.3 is 65.2 Å². The first-order valence-electron chi connectivity index (χ1n) is 32.2. The predicted molar refractivity (Wildman–Crippen MR) is 346 cm³/mol. The third kappa shape index (κ3) is 19.1. The number of azide groups is 1. The number of pyridine rings is 3. The first-order valence-corrected chi connectivity index (χ1v) is 32.2. The van der Waals surface area contributed by atoms with Crippen molar-refractivity contribution in [3.8, 4) is 0 Å². The molecule has 6 N–H and O–H groups in total. The van der Waals surface area contributed by atoms with Gasteiger partial charge in [0.1, 0.15) is 24.5 Å². The molecule has 92 heavy (non-hydrogen) atoms. The van der Waals surface area contributed by atoms with E-state index in [1.807, 2.05) is 50.6 Å². The highest BCUT2D eigenvalue weighted by molar-refractivity contribution is 5.98. The Labute approximate surface area is 535 Å². The summed E-state index contributed by atoms with van der Waals surface area (Å²) in [6.07, 6.45) is 11.0. The van der Waals surface area contributed by atoms with Gasteiger partial charge in [-0.15, -0.1) is 0 Å². The van der Waals surface area contributed by atoms with Crippen LogP contribution in [0.1, 0.15) is 106 Å². The van der Waals surface area contributed by atoms with Gasteiger partial charge in [0.25, 0.3) is 0 Å². The molecule has 494 valence electrons. The number of ether oxygens (including phenoxy) is 4. The average Bonchev–Trinajstić information content (AvgIpc) is 1.30. The predicted octanol–water partition coefficient (Wildman–Crippen LogP) is 7.55. The number of carbonyl (C=O) groups is 5. The molecule has 3 aromatic heterocycles. The molecule has 25 nitrogen and oxygen atoms in total. The van der Waals surface area contributed by atoms with E-state index in [1.54, 1.807) is 43.0 Å². The maximum absolute atomic E-state index is 16.7. The van der Waals surface area contributed by atoms with Crippen molar-refractivity contribution in [3.05, 3.63) is 134 Å². The smallest absolute Gasteiger partial charge is 0.410 e. The van der Waals surface area contributed by atoms with Crippen molar-refractivity contribution in [2.75, 3.05) is 101 Å². The molecule has 3 aliphatic heterocycles. The van der Waals surface area contributed by atoms with Crippen LogP contribution in [0.15, 0.2) is 89.2 Å². The van der Waals surface area contributed by atoms with Crippen LogP contribution < -0.4 is 42.2 Å². The van der Waals surface area contributed by atoms with Crippen molar-refractivity contribution < 1.29 is 47.3 Å². The van der Waals surface area contributed by atoms with Crippen molar-refractivity contribution in [1.29, 1.82) is 0 Å². The minimum atomic E-state index is -1.06. The molecule has 2 unspecified atom stereocenters. The maximum atomic E-state index is 16.7. The van der Waals surface area contributed by atoms with Crippen LogP contribution in [0.3, 0.4) is 0 Å². The molecule has 0 bridgehead atoms. The van der Waals surface area contributed by atoms with E-state index in [0.717, 1.165) is 73.3 Å². The van der Waals surface area contributed by atoms with Crippen LogP contribution in [0.2, 0.25) is 0 Å². The summed E-state index contributed by atoms with van der Waals surface area (Å²) in [6, 6.07) is 15.9. The number of rotatable bonds is 32. The number of anilines is 3. The van der Waals surface area contributed by atoms with Gasteiger partial charge in [-0.2, -0.15) is 0 Å². The zero-order valence-electron chi connectivity index (χ0n) is 53.2. The second-order valence-electron chi connectivity index (χ2n) is 24.7. The summed E-state index contributed by atoms with van der Waals surface area (Å²) < 4.78 is 41.0. The summed E-state index contributed by atoms with van der Waals surface area (Å²) in [5.41, 5.74) is 20.4. The third-order valence-corrected chi connectivity index (χ3v) is 17.5. The van der Waals surface area contributed by atoms with E-state index in [1.165, 1.54) is 6.07 Å². The molecule has 0 radical (unpaired) electrons. The summed E-state index contributed by atoms with van der Waals surface area (Å²) in [7, 11) is 0. The molecule has 3 saturated heterocycles. The van der Waals surface area contributed by atoms with Crippen molar-refractivity contribution in [2.45, 2.75) is 135 Å². The molecule has 4 aliphatic rings. The first-order chi connectivity index (χ1) is 44.5. The van der Waals surface area contributed by atoms with Gasteiger partial charge in [0.15, 0.2) is 5.43 Å². The lowest BCUT2D eigenvalue weighted by Crippen LogP contribution is -2.54. The summed E-state index contributed by atoms with van der Waals surface area (Å²) in [5.74, 6) is -2.23. The highest BCUT2D eigenvalue weighted by Gasteiger charge is 2.42. The molecular weight excluding hydrogens is 1180 g/mol. The monoisotopic (exact) mass is 1270 g/mol. The third-order valence-electron chi connectivity index (χ3n) is 17.5. The Hall–Kier alpha value is -8.42. The lowest BCUT2D eigenvalue weighted by molar-refractivity contribution is -0.132. The normalized spacial score (nSPS) is 17.9. The Morgan fingerprint density at radius 3 is 2.32 bits per heavy atom. The molecule has 26 heteroatoms. The highest BCUT2D eigenvalue weighted by atomic mass is 19.1. The Morgan fingerprint density at radius 2 is 1.60 bits per heavy atom. The number of carbonyl (C=O) groups excluding carboxylic acids is 5. The molecule has 6 heterocycles. The van der Waals surface area contributed by atoms with Gasteiger partial charge in [-0.3, -0.25) is 34.0 Å². The van der Waals surface area contributed by atoms with Crippen LogP contribution in [0, 0.1) is 31.5 Å². The molecule has 1 saturated carbocycles.